The van der Waals surface area contributed by atoms with Crippen LogP contribution in [0.5, 0.6) is 0 Å². The molecule has 2 aromatic rings. The third kappa shape index (κ3) is 6.61. The molecule has 0 aromatic heterocycles. The standard InChI is InChI=1S/C22H23Cl3N2O5S/c1-2-32-22(29)15-4-6-20(19(25)11-15)26-21(28)14-7-9-27(10-8-14)33(30,31)13-16-3-5-17(23)12-18(16)24/h3-6,11-12,14H,2,7-10,13H2,1H3,(H,26,28). The van der Waals surface area contributed by atoms with E-state index in [9.17, 15) is 18.0 Å². The Labute approximate surface area is 208 Å². The lowest BCUT2D eigenvalue weighted by atomic mass is 9.97. The summed E-state index contributed by atoms with van der Waals surface area (Å²) in [4.78, 5) is 24.5. The van der Waals surface area contributed by atoms with Gasteiger partial charge in [-0.25, -0.2) is 17.5 Å². The number of ether oxygens (including phenoxy) is 1. The lowest BCUT2D eigenvalue weighted by Gasteiger charge is -2.30. The molecule has 1 saturated heterocycles. The van der Waals surface area contributed by atoms with Crippen molar-refractivity contribution in [2.24, 2.45) is 5.92 Å². The normalized spacial score (nSPS) is 15.3. The van der Waals surface area contributed by atoms with Crippen molar-refractivity contribution in [2.45, 2.75) is 25.5 Å². The maximum Gasteiger partial charge on any atom is 0.338 e. The van der Waals surface area contributed by atoms with Crippen LogP contribution in [0.4, 0.5) is 5.69 Å². The van der Waals surface area contributed by atoms with Gasteiger partial charge < -0.3 is 10.1 Å². The largest absolute Gasteiger partial charge is 0.462 e. The zero-order valence-corrected chi connectivity index (χ0v) is 20.9. The van der Waals surface area contributed by atoms with Crippen LogP contribution in [-0.2, 0) is 25.3 Å². The van der Waals surface area contributed by atoms with Crippen LogP contribution in [0, 0.1) is 5.92 Å². The Hall–Kier alpha value is -1.84. The first kappa shape index (κ1) is 25.8. The number of piperidine rings is 1. The molecular formula is C22H23Cl3N2O5S. The summed E-state index contributed by atoms with van der Waals surface area (Å²) in [7, 11) is -3.60. The fourth-order valence-corrected chi connectivity index (χ4v) is 5.89. The molecule has 0 atom stereocenters. The molecule has 11 heteroatoms. The number of benzene rings is 2. The molecule has 3 rings (SSSR count). The van der Waals surface area contributed by atoms with Crippen molar-refractivity contribution in [3.8, 4) is 0 Å². The van der Waals surface area contributed by atoms with Gasteiger partial charge in [0.1, 0.15) is 0 Å². The van der Waals surface area contributed by atoms with E-state index in [1.54, 1.807) is 25.1 Å². The molecular weight excluding hydrogens is 511 g/mol. The number of sulfonamides is 1. The van der Waals surface area contributed by atoms with E-state index >= 15 is 0 Å². The second-order valence-electron chi connectivity index (χ2n) is 7.57. The van der Waals surface area contributed by atoms with Crippen LogP contribution < -0.4 is 5.32 Å². The second kappa shape index (κ2) is 11.1. The fraction of sp³-hybridized carbons (Fsp3) is 0.364. The average molecular weight is 534 g/mol. The van der Waals surface area contributed by atoms with Crippen LogP contribution in [-0.4, -0.2) is 44.3 Å². The molecule has 1 heterocycles. The number of amides is 1. The Morgan fingerprint density at radius 3 is 2.36 bits per heavy atom. The summed E-state index contributed by atoms with van der Waals surface area (Å²) in [6.07, 6.45) is 0.746. The molecule has 1 aliphatic rings. The zero-order valence-electron chi connectivity index (χ0n) is 17.8. The molecule has 0 spiro atoms. The van der Waals surface area contributed by atoms with Gasteiger partial charge in [0.15, 0.2) is 0 Å². The summed E-state index contributed by atoms with van der Waals surface area (Å²) in [6.45, 7) is 2.40. The van der Waals surface area contributed by atoms with Crippen molar-refractivity contribution in [3.05, 3.63) is 62.6 Å². The first-order valence-corrected chi connectivity index (χ1v) is 13.0. The van der Waals surface area contributed by atoms with Gasteiger partial charge in [-0.3, -0.25) is 4.79 Å². The molecule has 0 aliphatic carbocycles. The van der Waals surface area contributed by atoms with Crippen LogP contribution in [0.15, 0.2) is 36.4 Å². The molecule has 0 saturated carbocycles. The topological polar surface area (TPSA) is 92.8 Å². The SMILES string of the molecule is CCOC(=O)c1ccc(NC(=O)C2CCN(S(=O)(=O)Cc3ccc(Cl)cc3Cl)CC2)c(Cl)c1. The van der Waals surface area contributed by atoms with Gasteiger partial charge in [0.25, 0.3) is 0 Å². The highest BCUT2D eigenvalue weighted by molar-refractivity contribution is 7.88. The number of carbonyl (C=O) groups is 2. The minimum atomic E-state index is -3.60. The highest BCUT2D eigenvalue weighted by Gasteiger charge is 2.31. The molecule has 2 aromatic carbocycles. The van der Waals surface area contributed by atoms with Crippen LogP contribution in [0.3, 0.4) is 0 Å². The number of halogens is 3. The highest BCUT2D eigenvalue weighted by Crippen LogP contribution is 2.28. The van der Waals surface area contributed by atoms with Gasteiger partial charge >= 0.3 is 5.97 Å². The van der Waals surface area contributed by atoms with Crippen molar-refractivity contribution >= 4 is 62.4 Å². The zero-order chi connectivity index (χ0) is 24.2. The third-order valence-corrected chi connectivity index (χ3v) is 8.04. The van der Waals surface area contributed by atoms with Gasteiger partial charge in [0, 0.05) is 29.1 Å². The lowest BCUT2D eigenvalue weighted by molar-refractivity contribution is -0.120. The van der Waals surface area contributed by atoms with Crippen LogP contribution in [0.2, 0.25) is 15.1 Å². The Morgan fingerprint density at radius 1 is 1.06 bits per heavy atom. The van der Waals surface area contributed by atoms with Crippen molar-refractivity contribution in [1.29, 1.82) is 0 Å². The maximum atomic E-state index is 12.8. The lowest BCUT2D eigenvalue weighted by Crippen LogP contribution is -2.41. The number of nitrogens with zero attached hydrogens (tertiary/aromatic N) is 1. The maximum absolute atomic E-state index is 12.8. The molecule has 1 N–H and O–H groups in total. The minimum absolute atomic E-state index is 0.216. The summed E-state index contributed by atoms with van der Waals surface area (Å²) in [5, 5.41) is 3.71. The molecule has 33 heavy (non-hydrogen) atoms. The second-order valence-corrected chi connectivity index (χ2v) is 10.8. The summed E-state index contributed by atoms with van der Waals surface area (Å²) < 4.78 is 31.9. The van der Waals surface area contributed by atoms with E-state index in [1.807, 2.05) is 0 Å². The number of carbonyl (C=O) groups excluding carboxylic acids is 2. The summed E-state index contributed by atoms with van der Waals surface area (Å²) in [6, 6.07) is 9.21. The van der Waals surface area contributed by atoms with E-state index in [-0.39, 0.29) is 42.3 Å². The minimum Gasteiger partial charge on any atom is -0.462 e. The predicted octanol–water partition coefficient (Wildman–Crippen LogP) is 5.00. The average Bonchev–Trinajstić information content (AvgIpc) is 2.77. The number of rotatable bonds is 7. The third-order valence-electron chi connectivity index (χ3n) is 5.31. The van der Waals surface area contributed by atoms with Crippen LogP contribution in [0.25, 0.3) is 0 Å². The summed E-state index contributed by atoms with van der Waals surface area (Å²) >= 11 is 18.2. The number of hydrogen-bond acceptors (Lipinski definition) is 5. The van der Waals surface area contributed by atoms with Gasteiger partial charge in [-0.1, -0.05) is 40.9 Å². The Bertz CT molecular complexity index is 1150. The quantitative estimate of drug-likeness (QED) is 0.505. The number of hydrogen-bond donors (Lipinski definition) is 1. The first-order chi connectivity index (χ1) is 15.6. The Kier molecular flexibility index (Phi) is 8.64. The number of anilines is 1. The molecule has 0 bridgehead atoms. The monoisotopic (exact) mass is 532 g/mol. The van der Waals surface area contributed by atoms with Crippen molar-refractivity contribution in [1.82, 2.24) is 4.31 Å². The Balaban J connectivity index is 1.58. The molecule has 1 aliphatic heterocycles. The fourth-order valence-electron chi connectivity index (χ4n) is 3.52. The molecule has 0 radical (unpaired) electrons. The van der Waals surface area contributed by atoms with E-state index in [1.165, 1.54) is 22.5 Å². The Morgan fingerprint density at radius 2 is 1.76 bits per heavy atom. The smallest absolute Gasteiger partial charge is 0.338 e. The molecule has 1 fully saturated rings. The molecule has 1 amide bonds. The van der Waals surface area contributed by atoms with E-state index in [0.717, 1.165) is 0 Å². The van der Waals surface area contributed by atoms with E-state index in [2.05, 4.69) is 5.32 Å². The molecule has 178 valence electrons. The summed E-state index contributed by atoms with van der Waals surface area (Å²) in [5.41, 5.74) is 1.14. The first-order valence-electron chi connectivity index (χ1n) is 10.3. The van der Waals surface area contributed by atoms with Crippen molar-refractivity contribution in [2.75, 3.05) is 25.0 Å². The van der Waals surface area contributed by atoms with Gasteiger partial charge in [0.2, 0.25) is 15.9 Å². The van der Waals surface area contributed by atoms with E-state index in [4.69, 9.17) is 39.5 Å². The summed E-state index contributed by atoms with van der Waals surface area (Å²) in [5.74, 6) is -1.34. The van der Waals surface area contributed by atoms with Gasteiger partial charge in [-0.05, 0) is 55.7 Å². The van der Waals surface area contributed by atoms with Gasteiger partial charge in [0.05, 0.1) is 28.6 Å². The molecule has 0 unspecified atom stereocenters. The number of nitrogens with one attached hydrogen (secondary N) is 1. The van der Waals surface area contributed by atoms with Crippen molar-refractivity contribution < 1.29 is 22.7 Å². The van der Waals surface area contributed by atoms with E-state index < -0.39 is 16.0 Å². The predicted molar refractivity (Wildman–Crippen MR) is 129 cm³/mol. The number of esters is 1. The molecule has 7 nitrogen and oxygen atoms in total. The van der Waals surface area contributed by atoms with Gasteiger partial charge in [-0.15, -0.1) is 0 Å². The van der Waals surface area contributed by atoms with E-state index in [0.29, 0.717) is 39.7 Å². The van der Waals surface area contributed by atoms with Crippen LogP contribution in [0.1, 0.15) is 35.7 Å². The van der Waals surface area contributed by atoms with Gasteiger partial charge in [-0.2, -0.15) is 0 Å². The highest BCUT2D eigenvalue weighted by atomic mass is 35.5. The van der Waals surface area contributed by atoms with Crippen molar-refractivity contribution in [3.63, 3.8) is 0 Å². The van der Waals surface area contributed by atoms with Crippen LogP contribution >= 0.6 is 34.8 Å².